The fraction of sp³-hybridized carbons (Fsp3) is 0.462. The number of ether oxygens (including phenoxy) is 1. The summed E-state index contributed by atoms with van der Waals surface area (Å²) in [5.74, 6) is 1.04. The molecule has 1 N–H and O–H groups in total. The number of hydrogen-bond donors (Lipinski definition) is 1. The Morgan fingerprint density at radius 2 is 2.16 bits per heavy atom. The van der Waals surface area contributed by atoms with E-state index in [1.54, 1.807) is 25.3 Å². The lowest BCUT2D eigenvalue weighted by Crippen LogP contribution is -2.28. The minimum Gasteiger partial charge on any atom is -0.481 e. The van der Waals surface area contributed by atoms with Crippen molar-refractivity contribution in [2.45, 2.75) is 26.4 Å². The minimum atomic E-state index is -1.15. The van der Waals surface area contributed by atoms with Crippen molar-refractivity contribution in [2.24, 2.45) is 5.92 Å². The predicted octanol–water partition coefficient (Wildman–Crippen LogP) is 2.00. The van der Waals surface area contributed by atoms with Crippen LogP contribution in [0.3, 0.4) is 0 Å². The van der Waals surface area contributed by atoms with E-state index < -0.39 is 5.60 Å². The summed E-state index contributed by atoms with van der Waals surface area (Å²) in [7, 11) is 1.54. The molecule has 0 aliphatic heterocycles. The van der Waals surface area contributed by atoms with Crippen molar-refractivity contribution < 1.29 is 14.4 Å². The zero-order valence-corrected chi connectivity index (χ0v) is 11.4. The number of aromatic nitrogens is 3. The molecule has 0 bridgehead atoms. The molecule has 0 amide bonds. The molecule has 0 aliphatic carbocycles. The minimum absolute atomic E-state index is 0.0345. The summed E-state index contributed by atoms with van der Waals surface area (Å²) in [6, 6.07) is 3.46. The molecule has 0 unspecified atom stereocenters. The quantitative estimate of drug-likeness (QED) is 0.908. The largest absolute Gasteiger partial charge is 0.481 e. The predicted molar refractivity (Wildman–Crippen MR) is 68.5 cm³/mol. The van der Waals surface area contributed by atoms with Gasteiger partial charge in [-0.05, 0) is 18.9 Å². The Bertz CT molecular complexity index is 564. The van der Waals surface area contributed by atoms with Gasteiger partial charge in [0.2, 0.25) is 11.7 Å². The highest BCUT2D eigenvalue weighted by Gasteiger charge is 2.33. The van der Waals surface area contributed by atoms with Crippen LogP contribution in [-0.2, 0) is 5.60 Å². The summed E-state index contributed by atoms with van der Waals surface area (Å²) >= 11 is 0. The Morgan fingerprint density at radius 3 is 2.79 bits per heavy atom. The van der Waals surface area contributed by atoms with E-state index in [1.165, 1.54) is 7.11 Å². The Kier molecular flexibility index (Phi) is 3.53. The fourth-order valence-corrected chi connectivity index (χ4v) is 1.45. The van der Waals surface area contributed by atoms with Crippen molar-refractivity contribution in [3.63, 3.8) is 0 Å². The van der Waals surface area contributed by atoms with Crippen molar-refractivity contribution in [1.29, 1.82) is 0 Å². The monoisotopic (exact) mass is 263 g/mol. The van der Waals surface area contributed by atoms with E-state index in [2.05, 4.69) is 15.1 Å². The van der Waals surface area contributed by atoms with Gasteiger partial charge in [-0.3, -0.25) is 0 Å². The van der Waals surface area contributed by atoms with Crippen molar-refractivity contribution in [3.8, 4) is 17.3 Å². The summed E-state index contributed by atoms with van der Waals surface area (Å²) in [6.45, 7) is 5.43. The smallest absolute Gasteiger partial charge is 0.258 e. The molecule has 0 aromatic carbocycles. The molecule has 2 aromatic heterocycles. The van der Waals surface area contributed by atoms with Crippen LogP contribution in [0, 0.1) is 5.92 Å². The molecule has 2 heterocycles. The molecule has 2 aromatic rings. The van der Waals surface area contributed by atoms with Gasteiger partial charge >= 0.3 is 0 Å². The van der Waals surface area contributed by atoms with Crippen molar-refractivity contribution in [3.05, 3.63) is 24.2 Å². The zero-order valence-electron chi connectivity index (χ0n) is 11.4. The normalized spacial score (nSPS) is 14.4. The molecule has 0 saturated carbocycles. The first-order chi connectivity index (χ1) is 8.95. The average molecular weight is 263 g/mol. The summed E-state index contributed by atoms with van der Waals surface area (Å²) in [5.41, 5.74) is -0.427. The number of hydrogen-bond acceptors (Lipinski definition) is 6. The first kappa shape index (κ1) is 13.5. The number of pyridine rings is 1. The lowest BCUT2D eigenvalue weighted by atomic mass is 9.92. The second-order valence-corrected chi connectivity index (χ2v) is 4.81. The molecule has 102 valence electrons. The van der Waals surface area contributed by atoms with Gasteiger partial charge in [0.05, 0.1) is 7.11 Å². The maximum absolute atomic E-state index is 10.3. The van der Waals surface area contributed by atoms with Crippen LogP contribution < -0.4 is 4.74 Å². The Hall–Kier alpha value is -1.95. The summed E-state index contributed by atoms with van der Waals surface area (Å²) in [6.07, 6.45) is 1.60. The molecule has 6 nitrogen and oxygen atoms in total. The van der Waals surface area contributed by atoms with Crippen LogP contribution in [0.25, 0.3) is 11.4 Å². The summed E-state index contributed by atoms with van der Waals surface area (Å²) in [5, 5.41) is 14.2. The summed E-state index contributed by atoms with van der Waals surface area (Å²) < 4.78 is 10.2. The molecular weight excluding hydrogens is 246 g/mol. The van der Waals surface area contributed by atoms with Crippen LogP contribution >= 0.6 is 0 Å². The molecule has 0 radical (unpaired) electrons. The number of nitrogens with zero attached hydrogens (tertiary/aromatic N) is 3. The van der Waals surface area contributed by atoms with E-state index in [-0.39, 0.29) is 11.8 Å². The standard InChI is InChI=1S/C13H17N3O3/c1-8(2)13(3,17)12-15-11(16-19-12)9-5-6-14-10(7-9)18-4/h5-8,17H,1-4H3/t13-/m0/s1. The number of rotatable bonds is 4. The van der Waals surface area contributed by atoms with Gasteiger partial charge in [-0.25, -0.2) is 4.98 Å². The second-order valence-electron chi connectivity index (χ2n) is 4.81. The zero-order chi connectivity index (χ0) is 14.0. The molecule has 2 rings (SSSR count). The second kappa shape index (κ2) is 4.97. The van der Waals surface area contributed by atoms with Crippen LogP contribution in [0.5, 0.6) is 5.88 Å². The molecule has 0 aliphatic rings. The van der Waals surface area contributed by atoms with E-state index in [4.69, 9.17) is 9.26 Å². The van der Waals surface area contributed by atoms with Gasteiger partial charge in [-0.15, -0.1) is 0 Å². The van der Waals surface area contributed by atoms with E-state index in [0.717, 1.165) is 5.56 Å². The lowest BCUT2D eigenvalue weighted by Gasteiger charge is -2.22. The van der Waals surface area contributed by atoms with Crippen LogP contribution in [0.15, 0.2) is 22.9 Å². The molecule has 0 saturated heterocycles. The number of aliphatic hydroxyl groups is 1. The molecule has 6 heteroatoms. The first-order valence-electron chi connectivity index (χ1n) is 6.02. The van der Waals surface area contributed by atoms with Gasteiger partial charge in [0.25, 0.3) is 5.89 Å². The average Bonchev–Trinajstić information content (AvgIpc) is 2.89. The van der Waals surface area contributed by atoms with Gasteiger partial charge in [-0.2, -0.15) is 4.98 Å². The third-order valence-electron chi connectivity index (χ3n) is 3.19. The van der Waals surface area contributed by atoms with Crippen molar-refractivity contribution in [1.82, 2.24) is 15.1 Å². The highest BCUT2D eigenvalue weighted by atomic mass is 16.5. The molecule has 19 heavy (non-hydrogen) atoms. The van der Waals surface area contributed by atoms with Gasteiger partial charge in [-0.1, -0.05) is 19.0 Å². The fourth-order valence-electron chi connectivity index (χ4n) is 1.45. The van der Waals surface area contributed by atoms with Crippen molar-refractivity contribution >= 4 is 0 Å². The Labute approximate surface area is 111 Å². The number of methoxy groups -OCH3 is 1. The molecule has 0 spiro atoms. The third-order valence-corrected chi connectivity index (χ3v) is 3.19. The Balaban J connectivity index is 2.35. The highest BCUT2D eigenvalue weighted by Crippen LogP contribution is 2.29. The van der Waals surface area contributed by atoms with Gasteiger partial charge in [0.15, 0.2) is 0 Å². The van der Waals surface area contributed by atoms with E-state index in [9.17, 15) is 5.11 Å². The van der Waals surface area contributed by atoms with Gasteiger partial charge in [0.1, 0.15) is 5.60 Å². The van der Waals surface area contributed by atoms with Crippen LogP contribution in [0.1, 0.15) is 26.7 Å². The maximum atomic E-state index is 10.3. The van der Waals surface area contributed by atoms with Gasteiger partial charge in [0, 0.05) is 17.8 Å². The molecule has 1 atom stereocenters. The third kappa shape index (κ3) is 2.58. The Morgan fingerprint density at radius 1 is 1.42 bits per heavy atom. The molecular formula is C13H17N3O3. The van der Waals surface area contributed by atoms with Crippen LogP contribution in [-0.4, -0.2) is 27.3 Å². The SMILES string of the molecule is COc1cc(-c2noc([C@@](C)(O)C(C)C)n2)ccn1. The van der Waals surface area contributed by atoms with E-state index >= 15 is 0 Å². The van der Waals surface area contributed by atoms with Crippen LogP contribution in [0.4, 0.5) is 0 Å². The maximum Gasteiger partial charge on any atom is 0.258 e. The first-order valence-corrected chi connectivity index (χ1v) is 6.02. The molecule has 0 fully saturated rings. The van der Waals surface area contributed by atoms with Crippen LogP contribution in [0.2, 0.25) is 0 Å². The van der Waals surface area contributed by atoms with E-state index in [0.29, 0.717) is 11.7 Å². The van der Waals surface area contributed by atoms with E-state index in [1.807, 2.05) is 13.8 Å². The van der Waals surface area contributed by atoms with Gasteiger partial charge < -0.3 is 14.4 Å². The highest BCUT2D eigenvalue weighted by molar-refractivity contribution is 5.55. The topological polar surface area (TPSA) is 81.3 Å². The van der Waals surface area contributed by atoms with Crippen molar-refractivity contribution in [2.75, 3.05) is 7.11 Å². The lowest BCUT2D eigenvalue weighted by molar-refractivity contribution is -0.0205. The summed E-state index contributed by atoms with van der Waals surface area (Å²) in [4.78, 5) is 8.25.